The zero-order valence-corrected chi connectivity index (χ0v) is 20.1. The van der Waals surface area contributed by atoms with Gasteiger partial charge in [0.2, 0.25) is 5.91 Å². The number of aromatic nitrogens is 3. The number of pyridine rings is 1. The molecule has 2 atom stereocenters. The van der Waals surface area contributed by atoms with E-state index in [0.717, 1.165) is 27.9 Å². The molecule has 0 radical (unpaired) electrons. The second kappa shape index (κ2) is 10.8. The van der Waals surface area contributed by atoms with Crippen LogP contribution >= 0.6 is 0 Å². The molecule has 35 heavy (non-hydrogen) atoms. The summed E-state index contributed by atoms with van der Waals surface area (Å²) in [6.45, 7) is 4.64. The van der Waals surface area contributed by atoms with Gasteiger partial charge in [0, 0.05) is 37.1 Å². The number of nitrogens with one attached hydrogen (secondary N) is 2. The number of hydrogen-bond donors (Lipinski definition) is 2. The molecule has 2 unspecified atom stereocenters. The molecule has 0 bridgehead atoms. The Bertz CT molecular complexity index is 1320. The van der Waals surface area contributed by atoms with Gasteiger partial charge in [0.15, 0.2) is 0 Å². The Morgan fingerprint density at radius 3 is 2.40 bits per heavy atom. The lowest BCUT2D eigenvalue weighted by Crippen LogP contribution is -2.35. The van der Waals surface area contributed by atoms with Crippen molar-refractivity contribution in [2.24, 2.45) is 7.05 Å². The lowest BCUT2D eigenvalue weighted by atomic mass is 9.98. The zero-order chi connectivity index (χ0) is 24.8. The van der Waals surface area contributed by atoms with Crippen LogP contribution in [0.25, 0.3) is 11.1 Å². The van der Waals surface area contributed by atoms with Crippen LogP contribution < -0.4 is 10.6 Å². The summed E-state index contributed by atoms with van der Waals surface area (Å²) < 4.78 is 1.77. The van der Waals surface area contributed by atoms with Crippen LogP contribution in [-0.4, -0.2) is 27.2 Å². The van der Waals surface area contributed by atoms with Crippen molar-refractivity contribution in [3.05, 3.63) is 102 Å². The maximum atomic E-state index is 13.3. The Labute approximate surface area is 205 Å². The summed E-state index contributed by atoms with van der Waals surface area (Å²) in [6.07, 6.45) is 3.70. The maximum absolute atomic E-state index is 13.3. The standard InChI is InChI=1S/C28H28N6O/c1-19(22-11-9-21(15-29)10-12-22)16-31-27(23-7-5-4-6-8-23)28(35)32-26-14-13-24(17-30-26)25-18-34(3)33-20(25)2/h4-14,17-19,27,31H,16H2,1-3H3,(H,30,32,35). The molecule has 0 saturated carbocycles. The SMILES string of the molecule is Cc1nn(C)cc1-c1ccc(NC(=O)C(NCC(C)c2ccc(C#N)cc2)c2ccccc2)nc1. The third kappa shape index (κ3) is 5.81. The summed E-state index contributed by atoms with van der Waals surface area (Å²) in [5.74, 6) is 0.464. The molecule has 2 aromatic heterocycles. The van der Waals surface area contributed by atoms with E-state index in [1.165, 1.54) is 0 Å². The van der Waals surface area contributed by atoms with Gasteiger partial charge in [-0.3, -0.25) is 9.48 Å². The predicted molar refractivity (Wildman–Crippen MR) is 137 cm³/mol. The van der Waals surface area contributed by atoms with Gasteiger partial charge < -0.3 is 10.6 Å². The molecule has 0 fully saturated rings. The van der Waals surface area contributed by atoms with Crippen LogP contribution in [0.1, 0.15) is 41.3 Å². The first-order valence-corrected chi connectivity index (χ1v) is 11.5. The van der Waals surface area contributed by atoms with Crippen LogP contribution in [0.15, 0.2) is 79.1 Å². The van der Waals surface area contributed by atoms with Gasteiger partial charge in [0.1, 0.15) is 11.9 Å². The molecule has 2 heterocycles. The Balaban J connectivity index is 1.47. The summed E-state index contributed by atoms with van der Waals surface area (Å²) in [4.78, 5) is 17.8. The highest BCUT2D eigenvalue weighted by atomic mass is 16.2. The van der Waals surface area contributed by atoms with E-state index in [0.29, 0.717) is 17.9 Å². The van der Waals surface area contributed by atoms with E-state index in [9.17, 15) is 4.79 Å². The second-order valence-electron chi connectivity index (χ2n) is 8.61. The van der Waals surface area contributed by atoms with Crippen molar-refractivity contribution in [1.82, 2.24) is 20.1 Å². The highest BCUT2D eigenvalue weighted by Crippen LogP contribution is 2.23. The van der Waals surface area contributed by atoms with Crippen molar-refractivity contribution in [3.8, 4) is 17.2 Å². The fraction of sp³-hybridized carbons (Fsp3) is 0.214. The van der Waals surface area contributed by atoms with Gasteiger partial charge in [-0.2, -0.15) is 10.4 Å². The molecule has 2 N–H and O–H groups in total. The molecule has 176 valence electrons. The predicted octanol–water partition coefficient (Wildman–Crippen LogP) is 4.74. The van der Waals surface area contributed by atoms with Crippen LogP contribution in [0, 0.1) is 18.3 Å². The van der Waals surface area contributed by atoms with Gasteiger partial charge in [-0.1, -0.05) is 49.4 Å². The fourth-order valence-electron chi connectivity index (χ4n) is 4.01. The van der Waals surface area contributed by atoms with Gasteiger partial charge >= 0.3 is 0 Å². The molecule has 7 nitrogen and oxygen atoms in total. The summed E-state index contributed by atoms with van der Waals surface area (Å²) in [7, 11) is 1.89. The van der Waals surface area contributed by atoms with E-state index in [2.05, 4.69) is 33.7 Å². The minimum Gasteiger partial charge on any atom is -0.309 e. The minimum absolute atomic E-state index is 0.155. The number of rotatable bonds is 8. The van der Waals surface area contributed by atoms with Crippen molar-refractivity contribution < 1.29 is 4.79 Å². The first-order chi connectivity index (χ1) is 16.9. The highest BCUT2D eigenvalue weighted by Gasteiger charge is 2.22. The molecule has 4 aromatic rings. The first kappa shape index (κ1) is 23.9. The van der Waals surface area contributed by atoms with Gasteiger partial charge in [0.05, 0.1) is 17.3 Å². The first-order valence-electron chi connectivity index (χ1n) is 11.5. The number of nitrogens with zero attached hydrogens (tertiary/aromatic N) is 4. The molecule has 0 spiro atoms. The second-order valence-corrected chi connectivity index (χ2v) is 8.61. The molecule has 4 rings (SSSR count). The number of carbonyl (C=O) groups is 1. The number of nitriles is 1. The van der Waals surface area contributed by atoms with Crippen molar-refractivity contribution in [1.29, 1.82) is 5.26 Å². The number of aryl methyl sites for hydroxylation is 2. The molecule has 0 saturated heterocycles. The largest absolute Gasteiger partial charge is 0.309 e. The van der Waals surface area contributed by atoms with Crippen LogP contribution in [-0.2, 0) is 11.8 Å². The molecule has 2 aromatic carbocycles. The lowest BCUT2D eigenvalue weighted by molar-refractivity contribution is -0.118. The Kier molecular flexibility index (Phi) is 7.34. The number of benzene rings is 2. The molecule has 0 aliphatic heterocycles. The molecule has 1 amide bonds. The van der Waals surface area contributed by atoms with Crippen LogP contribution in [0.4, 0.5) is 5.82 Å². The molecular weight excluding hydrogens is 436 g/mol. The fourth-order valence-corrected chi connectivity index (χ4v) is 4.01. The molecule has 7 heteroatoms. The van der Waals surface area contributed by atoms with Crippen LogP contribution in [0.3, 0.4) is 0 Å². The monoisotopic (exact) mass is 464 g/mol. The van der Waals surface area contributed by atoms with Gasteiger partial charge in [0.25, 0.3) is 0 Å². The molecule has 0 aliphatic carbocycles. The van der Waals surface area contributed by atoms with E-state index in [1.807, 2.05) is 80.8 Å². The Hall–Kier alpha value is -4.28. The number of hydrogen-bond acceptors (Lipinski definition) is 5. The molecular formula is C28H28N6O. The summed E-state index contributed by atoms with van der Waals surface area (Å²) in [5, 5.41) is 19.8. The van der Waals surface area contributed by atoms with E-state index in [-0.39, 0.29) is 11.8 Å². The third-order valence-corrected chi connectivity index (χ3v) is 5.97. The third-order valence-electron chi connectivity index (χ3n) is 5.97. The maximum Gasteiger partial charge on any atom is 0.247 e. The van der Waals surface area contributed by atoms with Crippen LogP contribution in [0.5, 0.6) is 0 Å². The zero-order valence-electron chi connectivity index (χ0n) is 20.1. The Morgan fingerprint density at radius 1 is 1.06 bits per heavy atom. The topological polar surface area (TPSA) is 95.6 Å². The van der Waals surface area contributed by atoms with Crippen LogP contribution in [0.2, 0.25) is 0 Å². The summed E-state index contributed by atoms with van der Waals surface area (Å²) >= 11 is 0. The van der Waals surface area contributed by atoms with Crippen molar-refractivity contribution in [2.75, 3.05) is 11.9 Å². The van der Waals surface area contributed by atoms with E-state index in [4.69, 9.17) is 5.26 Å². The normalized spacial score (nSPS) is 12.5. The highest BCUT2D eigenvalue weighted by molar-refractivity contribution is 5.95. The average molecular weight is 465 g/mol. The number of amides is 1. The quantitative estimate of drug-likeness (QED) is 0.393. The van der Waals surface area contributed by atoms with Crippen molar-refractivity contribution in [3.63, 3.8) is 0 Å². The number of carbonyl (C=O) groups excluding carboxylic acids is 1. The van der Waals surface area contributed by atoms with E-state index < -0.39 is 6.04 Å². The van der Waals surface area contributed by atoms with Gasteiger partial charge in [-0.15, -0.1) is 0 Å². The minimum atomic E-state index is -0.543. The lowest BCUT2D eigenvalue weighted by Gasteiger charge is -2.21. The van der Waals surface area contributed by atoms with Crippen molar-refractivity contribution >= 4 is 11.7 Å². The van der Waals surface area contributed by atoms with Crippen molar-refractivity contribution in [2.45, 2.75) is 25.8 Å². The smallest absolute Gasteiger partial charge is 0.247 e. The summed E-state index contributed by atoms with van der Waals surface area (Å²) in [6, 6.07) is 22.5. The average Bonchev–Trinajstić information content (AvgIpc) is 3.22. The Morgan fingerprint density at radius 2 is 1.80 bits per heavy atom. The van der Waals surface area contributed by atoms with Gasteiger partial charge in [-0.25, -0.2) is 4.98 Å². The van der Waals surface area contributed by atoms with E-state index >= 15 is 0 Å². The molecule has 0 aliphatic rings. The number of anilines is 1. The summed E-state index contributed by atoms with van der Waals surface area (Å²) in [5.41, 5.74) is 5.50. The van der Waals surface area contributed by atoms with E-state index in [1.54, 1.807) is 16.9 Å². The van der Waals surface area contributed by atoms with Gasteiger partial charge in [-0.05, 0) is 48.2 Å².